The summed E-state index contributed by atoms with van der Waals surface area (Å²) >= 11 is 1.11. The molecule has 1 aromatic rings. The van der Waals surface area contributed by atoms with Crippen molar-refractivity contribution in [1.29, 1.82) is 0 Å². The normalized spacial score (nSPS) is 12.4. The van der Waals surface area contributed by atoms with Crippen LogP contribution in [0.3, 0.4) is 0 Å². The van der Waals surface area contributed by atoms with Gasteiger partial charge >= 0.3 is 10.8 Å². The second-order valence-corrected chi connectivity index (χ2v) is 3.87. The monoisotopic (exact) mass is 230 g/mol. The van der Waals surface area contributed by atoms with Crippen LogP contribution in [0.2, 0.25) is 0 Å². The van der Waals surface area contributed by atoms with Crippen molar-refractivity contribution in [1.82, 2.24) is 10.3 Å². The fraction of sp³-hybridized carbons (Fsp3) is 0.556. The Morgan fingerprint density at radius 1 is 1.73 bits per heavy atom. The summed E-state index contributed by atoms with van der Waals surface area (Å²) in [7, 11) is 0. The molecule has 15 heavy (non-hydrogen) atoms. The number of rotatable bonds is 5. The van der Waals surface area contributed by atoms with Crippen LogP contribution in [0.5, 0.6) is 0 Å². The molecule has 0 saturated heterocycles. The van der Waals surface area contributed by atoms with E-state index in [1.807, 2.05) is 0 Å². The lowest BCUT2D eigenvalue weighted by molar-refractivity contribution is -0.145. The standard InChI is InChI=1S/C9H14N2O3S/c1-3-14-8(12)6(2)10-4-7-5-15-9(13)11-7/h5-6,10H,3-4H2,1-2H3,(H,11,13). The second kappa shape index (κ2) is 5.67. The smallest absolute Gasteiger partial charge is 0.322 e. The molecule has 1 rings (SSSR count). The number of carbonyl (C=O) groups is 1. The van der Waals surface area contributed by atoms with E-state index in [1.165, 1.54) is 0 Å². The van der Waals surface area contributed by atoms with E-state index < -0.39 is 0 Å². The molecule has 0 aliphatic rings. The molecule has 0 amide bonds. The van der Waals surface area contributed by atoms with Gasteiger partial charge in [0.15, 0.2) is 0 Å². The number of hydrogen-bond donors (Lipinski definition) is 2. The average molecular weight is 230 g/mol. The highest BCUT2D eigenvalue weighted by Crippen LogP contribution is 1.96. The first-order chi connectivity index (χ1) is 7.13. The summed E-state index contributed by atoms with van der Waals surface area (Å²) < 4.78 is 4.83. The number of nitrogens with one attached hydrogen (secondary N) is 2. The van der Waals surface area contributed by atoms with Gasteiger partial charge in [-0.15, -0.1) is 0 Å². The van der Waals surface area contributed by atoms with Gasteiger partial charge in [0.25, 0.3) is 0 Å². The van der Waals surface area contributed by atoms with Crippen molar-refractivity contribution in [2.45, 2.75) is 26.4 Å². The van der Waals surface area contributed by atoms with Crippen molar-refractivity contribution >= 4 is 17.3 Å². The SMILES string of the molecule is CCOC(=O)C(C)NCc1csc(=O)[nH]1. The van der Waals surface area contributed by atoms with E-state index in [0.717, 1.165) is 17.0 Å². The molecule has 1 atom stereocenters. The van der Waals surface area contributed by atoms with Gasteiger partial charge in [-0.1, -0.05) is 11.3 Å². The molecular formula is C9H14N2O3S. The largest absolute Gasteiger partial charge is 0.465 e. The van der Waals surface area contributed by atoms with Crippen molar-refractivity contribution in [3.8, 4) is 0 Å². The average Bonchev–Trinajstić information content (AvgIpc) is 2.61. The topological polar surface area (TPSA) is 71.2 Å². The Bertz CT molecular complexity index is 371. The maximum Gasteiger partial charge on any atom is 0.322 e. The minimum absolute atomic E-state index is 0.0874. The molecule has 2 N–H and O–H groups in total. The molecule has 0 saturated carbocycles. The maximum absolute atomic E-state index is 11.2. The van der Waals surface area contributed by atoms with Gasteiger partial charge in [-0.2, -0.15) is 0 Å². The predicted octanol–water partition coefficient (Wildman–Crippen LogP) is 0.478. The van der Waals surface area contributed by atoms with Crippen LogP contribution >= 0.6 is 11.3 Å². The van der Waals surface area contributed by atoms with Crippen LogP contribution in [0.4, 0.5) is 0 Å². The summed E-state index contributed by atoms with van der Waals surface area (Å²) in [6.07, 6.45) is 0. The van der Waals surface area contributed by atoms with Crippen LogP contribution in [-0.2, 0) is 16.1 Å². The van der Waals surface area contributed by atoms with E-state index in [-0.39, 0.29) is 16.9 Å². The number of carbonyl (C=O) groups excluding carboxylic acids is 1. The van der Waals surface area contributed by atoms with Gasteiger partial charge in [0.05, 0.1) is 6.61 Å². The lowest BCUT2D eigenvalue weighted by atomic mass is 10.3. The molecule has 1 heterocycles. The van der Waals surface area contributed by atoms with Gasteiger partial charge in [-0.25, -0.2) is 0 Å². The van der Waals surface area contributed by atoms with Gasteiger partial charge in [0.2, 0.25) is 0 Å². The summed E-state index contributed by atoms with van der Waals surface area (Å²) in [5.74, 6) is -0.282. The summed E-state index contributed by atoms with van der Waals surface area (Å²) in [6, 6.07) is -0.367. The first-order valence-electron chi connectivity index (χ1n) is 4.70. The predicted molar refractivity (Wildman–Crippen MR) is 57.9 cm³/mol. The molecule has 1 unspecified atom stereocenters. The Hall–Kier alpha value is -1.14. The number of ether oxygens (including phenoxy) is 1. The quantitative estimate of drug-likeness (QED) is 0.722. The number of thiazole rings is 1. The van der Waals surface area contributed by atoms with Gasteiger partial charge in [0.1, 0.15) is 6.04 Å². The third-order valence-electron chi connectivity index (χ3n) is 1.81. The first kappa shape index (κ1) is 11.9. The van der Waals surface area contributed by atoms with Crippen LogP contribution < -0.4 is 10.2 Å². The summed E-state index contributed by atoms with van der Waals surface area (Å²) in [5.41, 5.74) is 0.779. The fourth-order valence-electron chi connectivity index (χ4n) is 1.01. The molecule has 0 aliphatic carbocycles. The highest BCUT2D eigenvalue weighted by Gasteiger charge is 2.12. The molecule has 0 spiro atoms. The molecule has 84 valence electrons. The molecule has 0 aliphatic heterocycles. The Morgan fingerprint density at radius 3 is 3.00 bits per heavy atom. The Kier molecular flexibility index (Phi) is 4.51. The molecule has 1 aromatic heterocycles. The van der Waals surface area contributed by atoms with E-state index in [2.05, 4.69) is 10.3 Å². The number of aromatic nitrogens is 1. The van der Waals surface area contributed by atoms with Gasteiger partial charge < -0.3 is 9.72 Å². The van der Waals surface area contributed by atoms with E-state index in [4.69, 9.17) is 4.74 Å². The lowest BCUT2D eigenvalue weighted by Gasteiger charge is -2.11. The Morgan fingerprint density at radius 2 is 2.47 bits per heavy atom. The van der Waals surface area contributed by atoms with Crippen LogP contribution in [0.1, 0.15) is 19.5 Å². The first-order valence-corrected chi connectivity index (χ1v) is 5.58. The fourth-order valence-corrected chi connectivity index (χ4v) is 1.60. The molecule has 0 bridgehead atoms. The van der Waals surface area contributed by atoms with E-state index in [9.17, 15) is 9.59 Å². The molecule has 0 fully saturated rings. The van der Waals surface area contributed by atoms with Gasteiger partial charge in [-0.05, 0) is 13.8 Å². The minimum atomic E-state index is -0.367. The molecule has 6 heteroatoms. The summed E-state index contributed by atoms with van der Waals surface area (Å²) in [6.45, 7) is 4.32. The summed E-state index contributed by atoms with van der Waals surface area (Å²) in [4.78, 5) is 24.6. The minimum Gasteiger partial charge on any atom is -0.465 e. The third kappa shape index (κ3) is 3.85. The van der Waals surface area contributed by atoms with Crippen molar-refractivity contribution in [2.24, 2.45) is 0 Å². The molecular weight excluding hydrogens is 216 g/mol. The zero-order valence-electron chi connectivity index (χ0n) is 8.70. The zero-order valence-corrected chi connectivity index (χ0v) is 9.52. The van der Waals surface area contributed by atoms with Crippen molar-refractivity contribution in [3.63, 3.8) is 0 Å². The van der Waals surface area contributed by atoms with Crippen LogP contribution in [0.15, 0.2) is 10.2 Å². The highest BCUT2D eigenvalue weighted by atomic mass is 32.1. The lowest BCUT2D eigenvalue weighted by Crippen LogP contribution is -2.35. The number of H-pyrrole nitrogens is 1. The van der Waals surface area contributed by atoms with Crippen LogP contribution in [0, 0.1) is 0 Å². The Balaban J connectivity index is 2.37. The van der Waals surface area contributed by atoms with Crippen molar-refractivity contribution in [2.75, 3.05) is 6.61 Å². The number of aromatic amines is 1. The van der Waals surface area contributed by atoms with Crippen LogP contribution in [-0.4, -0.2) is 23.6 Å². The van der Waals surface area contributed by atoms with Crippen LogP contribution in [0.25, 0.3) is 0 Å². The van der Waals surface area contributed by atoms with E-state index in [0.29, 0.717) is 13.2 Å². The number of hydrogen-bond acceptors (Lipinski definition) is 5. The molecule has 0 radical (unpaired) electrons. The van der Waals surface area contributed by atoms with Crippen molar-refractivity contribution in [3.05, 3.63) is 20.7 Å². The van der Waals surface area contributed by atoms with Gasteiger partial charge in [0, 0.05) is 17.6 Å². The van der Waals surface area contributed by atoms with Gasteiger partial charge in [-0.3, -0.25) is 14.9 Å². The molecule has 5 nitrogen and oxygen atoms in total. The second-order valence-electron chi connectivity index (χ2n) is 3.03. The van der Waals surface area contributed by atoms with E-state index in [1.54, 1.807) is 19.2 Å². The van der Waals surface area contributed by atoms with E-state index >= 15 is 0 Å². The Labute approximate surface area is 91.5 Å². The summed E-state index contributed by atoms with van der Waals surface area (Å²) in [5, 5.41) is 4.69. The highest BCUT2D eigenvalue weighted by molar-refractivity contribution is 7.07. The maximum atomic E-state index is 11.2. The zero-order chi connectivity index (χ0) is 11.3. The number of esters is 1. The van der Waals surface area contributed by atoms with Crippen molar-refractivity contribution < 1.29 is 9.53 Å². The molecule has 0 aromatic carbocycles. The third-order valence-corrected chi connectivity index (χ3v) is 2.53.